The Labute approximate surface area is 92.8 Å². The number of nitrogens with zero attached hydrogens (tertiary/aromatic N) is 2. The van der Waals surface area contributed by atoms with Crippen molar-refractivity contribution in [3.63, 3.8) is 0 Å². The zero-order chi connectivity index (χ0) is 10.7. The number of aromatic nitrogens is 1. The van der Waals surface area contributed by atoms with Gasteiger partial charge in [0.15, 0.2) is 0 Å². The molecule has 0 aliphatic carbocycles. The maximum atomic E-state index is 8.83. The lowest BCUT2D eigenvalue weighted by atomic mass is 10.1. The molecule has 0 radical (unpaired) electrons. The Kier molecular flexibility index (Phi) is 2.66. The van der Waals surface area contributed by atoms with E-state index in [-0.39, 0.29) is 0 Å². The summed E-state index contributed by atoms with van der Waals surface area (Å²) in [4.78, 5) is 4.17. The Morgan fingerprint density at radius 1 is 1.20 bits per heavy atom. The van der Waals surface area contributed by atoms with Crippen LogP contribution in [0.15, 0.2) is 42.6 Å². The Balaban J connectivity index is 2.52. The molecule has 0 saturated heterocycles. The van der Waals surface area contributed by atoms with Crippen LogP contribution in [-0.4, -0.2) is 4.98 Å². The van der Waals surface area contributed by atoms with Gasteiger partial charge in [-0.1, -0.05) is 41.9 Å². The molecule has 1 heterocycles. The molecule has 0 spiro atoms. The van der Waals surface area contributed by atoms with Crippen molar-refractivity contribution >= 4 is 11.6 Å². The maximum absolute atomic E-state index is 8.83. The molecular weight excluding hydrogens is 208 g/mol. The fourth-order valence-electron chi connectivity index (χ4n) is 1.29. The standard InChI is InChI=1S/C12H7ClN2/c13-11-8-15-12(6-10(11)7-14)9-4-2-1-3-5-9/h1-6,8H. The van der Waals surface area contributed by atoms with Gasteiger partial charge in [-0.25, -0.2) is 0 Å². The van der Waals surface area contributed by atoms with E-state index in [9.17, 15) is 0 Å². The smallest absolute Gasteiger partial charge is 0.101 e. The third-order valence-electron chi connectivity index (χ3n) is 2.05. The van der Waals surface area contributed by atoms with Crippen molar-refractivity contribution in [2.45, 2.75) is 0 Å². The molecule has 0 N–H and O–H groups in total. The van der Waals surface area contributed by atoms with Gasteiger partial charge in [-0.15, -0.1) is 0 Å². The van der Waals surface area contributed by atoms with Gasteiger partial charge >= 0.3 is 0 Å². The molecule has 0 atom stereocenters. The van der Waals surface area contributed by atoms with Crippen LogP contribution < -0.4 is 0 Å². The van der Waals surface area contributed by atoms with Crippen molar-refractivity contribution in [1.82, 2.24) is 4.98 Å². The number of benzene rings is 1. The van der Waals surface area contributed by atoms with Crippen LogP contribution in [0.5, 0.6) is 0 Å². The summed E-state index contributed by atoms with van der Waals surface area (Å²) in [6.07, 6.45) is 1.50. The molecule has 2 rings (SSSR count). The molecule has 0 bridgehead atoms. The van der Waals surface area contributed by atoms with Crippen molar-refractivity contribution in [3.8, 4) is 17.3 Å². The molecule has 0 saturated carbocycles. The van der Waals surface area contributed by atoms with Gasteiger partial charge in [0.05, 0.1) is 16.3 Å². The minimum Gasteiger partial charge on any atom is -0.255 e. The number of hydrogen-bond acceptors (Lipinski definition) is 2. The first kappa shape index (κ1) is 9.70. The second-order valence-electron chi connectivity index (χ2n) is 3.03. The summed E-state index contributed by atoms with van der Waals surface area (Å²) in [6, 6.07) is 13.4. The first-order chi connectivity index (χ1) is 7.31. The van der Waals surface area contributed by atoms with Gasteiger partial charge in [0.25, 0.3) is 0 Å². The maximum Gasteiger partial charge on any atom is 0.101 e. The highest BCUT2D eigenvalue weighted by Crippen LogP contribution is 2.21. The van der Waals surface area contributed by atoms with E-state index in [2.05, 4.69) is 4.98 Å². The van der Waals surface area contributed by atoms with Crippen LogP contribution in [0.4, 0.5) is 0 Å². The molecule has 0 unspecified atom stereocenters. The Morgan fingerprint density at radius 2 is 1.93 bits per heavy atom. The fraction of sp³-hybridized carbons (Fsp3) is 0. The van der Waals surface area contributed by atoms with Crippen LogP contribution in [0.25, 0.3) is 11.3 Å². The van der Waals surface area contributed by atoms with Gasteiger partial charge in [-0.2, -0.15) is 5.26 Å². The van der Waals surface area contributed by atoms with Crippen LogP contribution in [0, 0.1) is 11.3 Å². The lowest BCUT2D eigenvalue weighted by molar-refractivity contribution is 1.31. The van der Waals surface area contributed by atoms with Crippen LogP contribution in [0.3, 0.4) is 0 Å². The first-order valence-electron chi connectivity index (χ1n) is 4.42. The van der Waals surface area contributed by atoms with E-state index in [0.29, 0.717) is 10.6 Å². The van der Waals surface area contributed by atoms with Crippen LogP contribution in [0.2, 0.25) is 5.02 Å². The monoisotopic (exact) mass is 214 g/mol. The highest BCUT2D eigenvalue weighted by Gasteiger charge is 2.03. The topological polar surface area (TPSA) is 36.7 Å². The van der Waals surface area contributed by atoms with Crippen molar-refractivity contribution in [3.05, 3.63) is 53.2 Å². The SMILES string of the molecule is N#Cc1cc(-c2ccccc2)ncc1Cl. The molecule has 15 heavy (non-hydrogen) atoms. The summed E-state index contributed by atoms with van der Waals surface area (Å²) in [5.41, 5.74) is 2.19. The first-order valence-corrected chi connectivity index (χ1v) is 4.80. The molecule has 2 nitrogen and oxygen atoms in total. The van der Waals surface area contributed by atoms with Gasteiger partial charge in [0.2, 0.25) is 0 Å². The molecule has 3 heteroatoms. The Morgan fingerprint density at radius 3 is 2.60 bits per heavy atom. The highest BCUT2D eigenvalue weighted by atomic mass is 35.5. The number of halogens is 1. The minimum atomic E-state index is 0.386. The Bertz CT molecular complexity index is 515. The average molecular weight is 215 g/mol. The molecule has 0 fully saturated rings. The van der Waals surface area contributed by atoms with Gasteiger partial charge in [0.1, 0.15) is 6.07 Å². The largest absolute Gasteiger partial charge is 0.255 e. The van der Waals surface area contributed by atoms with Gasteiger partial charge in [0, 0.05) is 11.8 Å². The molecule has 0 aliphatic heterocycles. The van der Waals surface area contributed by atoms with Crippen molar-refractivity contribution in [2.24, 2.45) is 0 Å². The van der Waals surface area contributed by atoms with E-state index in [1.165, 1.54) is 6.20 Å². The zero-order valence-corrected chi connectivity index (χ0v) is 8.57. The van der Waals surface area contributed by atoms with Crippen LogP contribution >= 0.6 is 11.6 Å². The number of nitriles is 1. The van der Waals surface area contributed by atoms with E-state index >= 15 is 0 Å². The predicted molar refractivity (Wildman–Crippen MR) is 59.4 cm³/mol. The Hall–Kier alpha value is -1.85. The second kappa shape index (κ2) is 4.12. The predicted octanol–water partition coefficient (Wildman–Crippen LogP) is 3.27. The summed E-state index contributed by atoms with van der Waals surface area (Å²) in [5.74, 6) is 0. The van der Waals surface area contributed by atoms with E-state index < -0.39 is 0 Å². The lowest BCUT2D eigenvalue weighted by Gasteiger charge is -2.01. The highest BCUT2D eigenvalue weighted by molar-refractivity contribution is 6.31. The lowest BCUT2D eigenvalue weighted by Crippen LogP contribution is -1.86. The molecule has 0 aliphatic rings. The van der Waals surface area contributed by atoms with Crippen LogP contribution in [-0.2, 0) is 0 Å². The molecular formula is C12H7ClN2. The summed E-state index contributed by atoms with van der Waals surface area (Å²) in [5, 5.41) is 9.21. The third kappa shape index (κ3) is 1.98. The summed E-state index contributed by atoms with van der Waals surface area (Å²) < 4.78 is 0. The summed E-state index contributed by atoms with van der Waals surface area (Å²) >= 11 is 5.80. The quantitative estimate of drug-likeness (QED) is 0.731. The van der Waals surface area contributed by atoms with E-state index in [1.54, 1.807) is 6.07 Å². The molecule has 0 amide bonds. The molecule has 1 aromatic heterocycles. The number of hydrogen-bond donors (Lipinski definition) is 0. The average Bonchev–Trinajstić information content (AvgIpc) is 2.31. The van der Waals surface area contributed by atoms with Crippen molar-refractivity contribution < 1.29 is 0 Å². The number of rotatable bonds is 1. The molecule has 72 valence electrons. The van der Waals surface area contributed by atoms with Crippen molar-refractivity contribution in [1.29, 1.82) is 5.26 Å². The third-order valence-corrected chi connectivity index (χ3v) is 2.35. The number of pyridine rings is 1. The summed E-state index contributed by atoms with van der Waals surface area (Å²) in [7, 11) is 0. The summed E-state index contributed by atoms with van der Waals surface area (Å²) in [6.45, 7) is 0. The molecule has 2 aromatic rings. The normalized spacial score (nSPS) is 9.60. The fourth-order valence-corrected chi connectivity index (χ4v) is 1.44. The van der Waals surface area contributed by atoms with E-state index in [1.807, 2.05) is 36.4 Å². The van der Waals surface area contributed by atoms with Gasteiger partial charge in [-0.3, -0.25) is 4.98 Å². The zero-order valence-electron chi connectivity index (χ0n) is 7.81. The van der Waals surface area contributed by atoms with E-state index in [0.717, 1.165) is 11.3 Å². The molecule has 1 aromatic carbocycles. The van der Waals surface area contributed by atoms with Gasteiger partial charge < -0.3 is 0 Å². The van der Waals surface area contributed by atoms with Gasteiger partial charge in [-0.05, 0) is 6.07 Å². The van der Waals surface area contributed by atoms with Crippen molar-refractivity contribution in [2.75, 3.05) is 0 Å². The minimum absolute atomic E-state index is 0.386. The second-order valence-corrected chi connectivity index (χ2v) is 3.43. The van der Waals surface area contributed by atoms with E-state index in [4.69, 9.17) is 16.9 Å². The van der Waals surface area contributed by atoms with Crippen LogP contribution in [0.1, 0.15) is 5.56 Å².